The Morgan fingerprint density at radius 3 is 2.14 bits per heavy atom. The molecular weight excluding hydrogens is 340 g/mol. The van der Waals surface area contributed by atoms with Crippen molar-refractivity contribution in [1.82, 2.24) is 4.57 Å². The van der Waals surface area contributed by atoms with Gasteiger partial charge in [-0.05, 0) is 25.5 Å². The van der Waals surface area contributed by atoms with E-state index >= 15 is 0 Å². The van der Waals surface area contributed by atoms with Gasteiger partial charge in [-0.2, -0.15) is 4.57 Å². The van der Waals surface area contributed by atoms with Crippen molar-refractivity contribution in [3.8, 4) is 16.9 Å². The molecule has 5 rings (SSSR count). The molecule has 0 saturated heterocycles. The van der Waals surface area contributed by atoms with Gasteiger partial charge in [0.2, 0.25) is 0 Å². The molecule has 1 atom stereocenters. The fourth-order valence-corrected chi connectivity index (χ4v) is 5.09. The molecule has 0 bridgehead atoms. The average Bonchev–Trinajstić information content (AvgIpc) is 3.15. The Hall–Kier alpha value is -3.13. The van der Waals surface area contributed by atoms with Crippen LogP contribution in [0.5, 0.6) is 0 Å². The van der Waals surface area contributed by atoms with Crippen LogP contribution in [-0.2, 0) is 5.54 Å². The number of aryl methyl sites for hydroxylation is 1. The second kappa shape index (κ2) is 5.93. The number of imidazole rings is 1. The Bertz CT molecular complexity index is 1200. The van der Waals surface area contributed by atoms with Gasteiger partial charge < -0.3 is 0 Å². The molecule has 28 heavy (non-hydrogen) atoms. The third-order valence-corrected chi connectivity index (χ3v) is 6.40. The molecule has 2 heterocycles. The second-order valence-electron chi connectivity index (χ2n) is 7.92. The lowest BCUT2D eigenvalue weighted by atomic mass is 9.84. The minimum Gasteiger partial charge on any atom is -0.213 e. The van der Waals surface area contributed by atoms with Crippen LogP contribution < -0.4 is 4.57 Å². The maximum Gasteiger partial charge on any atom is 0.260 e. The summed E-state index contributed by atoms with van der Waals surface area (Å²) >= 11 is 0. The van der Waals surface area contributed by atoms with Gasteiger partial charge >= 0.3 is 0 Å². The first-order chi connectivity index (χ1) is 13.5. The zero-order chi connectivity index (χ0) is 19.5. The highest BCUT2D eigenvalue weighted by Crippen LogP contribution is 2.44. The second-order valence-corrected chi connectivity index (χ2v) is 7.92. The summed E-state index contributed by atoms with van der Waals surface area (Å²) in [6, 6.07) is 28.4. The highest BCUT2D eigenvalue weighted by molar-refractivity contribution is 5.70. The molecule has 4 aromatic rings. The van der Waals surface area contributed by atoms with Gasteiger partial charge in [0.25, 0.3) is 5.82 Å². The molecule has 0 N–H and O–H groups in total. The Morgan fingerprint density at radius 1 is 0.750 bits per heavy atom. The molecule has 0 spiro atoms. The molecule has 0 fully saturated rings. The summed E-state index contributed by atoms with van der Waals surface area (Å²) in [6.45, 7) is 9.04. The van der Waals surface area contributed by atoms with Crippen LogP contribution in [0.2, 0.25) is 0 Å². The van der Waals surface area contributed by atoms with E-state index in [1.54, 1.807) is 0 Å². The van der Waals surface area contributed by atoms with E-state index in [1.165, 1.54) is 45.2 Å². The summed E-state index contributed by atoms with van der Waals surface area (Å²) in [6.07, 6.45) is 0. The van der Waals surface area contributed by atoms with Crippen molar-refractivity contribution < 1.29 is 4.57 Å². The van der Waals surface area contributed by atoms with Crippen LogP contribution in [0.4, 0.5) is 0 Å². The lowest BCUT2D eigenvalue weighted by Crippen LogP contribution is -2.54. The van der Waals surface area contributed by atoms with Gasteiger partial charge in [0.15, 0.2) is 16.9 Å². The number of benzene rings is 3. The highest BCUT2D eigenvalue weighted by atomic mass is 15.2. The molecule has 0 aliphatic carbocycles. The first kappa shape index (κ1) is 17.0. The predicted molar refractivity (Wildman–Crippen MR) is 114 cm³/mol. The third-order valence-electron chi connectivity index (χ3n) is 6.40. The van der Waals surface area contributed by atoms with Gasteiger partial charge in [0, 0.05) is 30.5 Å². The zero-order valence-electron chi connectivity index (χ0n) is 16.9. The van der Waals surface area contributed by atoms with Crippen molar-refractivity contribution in [2.24, 2.45) is 0 Å². The minimum absolute atomic E-state index is 0.226. The molecular formula is C26H25N2+. The van der Waals surface area contributed by atoms with Gasteiger partial charge in [0.1, 0.15) is 5.69 Å². The number of aromatic nitrogens is 2. The summed E-state index contributed by atoms with van der Waals surface area (Å²) in [7, 11) is 0. The fraction of sp³-hybridized carbons (Fsp3) is 0.192. The summed E-state index contributed by atoms with van der Waals surface area (Å²) < 4.78 is 4.95. The summed E-state index contributed by atoms with van der Waals surface area (Å²) in [5.74, 6) is 1.25. The Balaban J connectivity index is 1.90. The van der Waals surface area contributed by atoms with E-state index in [4.69, 9.17) is 0 Å². The maximum atomic E-state index is 2.54. The van der Waals surface area contributed by atoms with Gasteiger partial charge in [-0.1, -0.05) is 72.8 Å². The average molecular weight is 366 g/mol. The Kier molecular flexibility index (Phi) is 3.60. The van der Waals surface area contributed by atoms with Crippen LogP contribution in [0, 0.1) is 20.8 Å². The van der Waals surface area contributed by atoms with Crippen molar-refractivity contribution in [1.29, 1.82) is 0 Å². The van der Waals surface area contributed by atoms with E-state index in [0.29, 0.717) is 0 Å². The highest BCUT2D eigenvalue weighted by Gasteiger charge is 2.49. The van der Waals surface area contributed by atoms with Crippen LogP contribution >= 0.6 is 0 Å². The maximum absolute atomic E-state index is 2.54. The molecule has 2 nitrogen and oxygen atoms in total. The predicted octanol–water partition coefficient (Wildman–Crippen LogP) is 5.48. The van der Waals surface area contributed by atoms with Gasteiger partial charge in [-0.25, -0.2) is 4.57 Å². The molecule has 2 heteroatoms. The number of para-hydroxylation sites is 1. The molecule has 0 radical (unpaired) electrons. The quantitative estimate of drug-likeness (QED) is 0.416. The van der Waals surface area contributed by atoms with Crippen molar-refractivity contribution >= 4 is 0 Å². The lowest BCUT2D eigenvalue weighted by molar-refractivity contribution is -0.730. The number of nitrogens with zero attached hydrogens (tertiary/aromatic N) is 2. The first-order valence-electron chi connectivity index (χ1n) is 9.91. The fourth-order valence-electron chi connectivity index (χ4n) is 5.09. The first-order valence-corrected chi connectivity index (χ1v) is 9.91. The third kappa shape index (κ3) is 2.06. The van der Waals surface area contributed by atoms with E-state index in [2.05, 4.69) is 116 Å². The molecule has 0 amide bonds. The van der Waals surface area contributed by atoms with Crippen LogP contribution in [0.25, 0.3) is 16.9 Å². The van der Waals surface area contributed by atoms with Crippen LogP contribution in [0.1, 0.15) is 35.1 Å². The Morgan fingerprint density at radius 2 is 1.39 bits per heavy atom. The van der Waals surface area contributed by atoms with Gasteiger partial charge in [-0.15, -0.1) is 0 Å². The molecule has 1 aliphatic rings. The standard InChI is InChI=1S/C26H25N2/c1-18-12-8-11-17-24(18)27-19(2)25-22-15-9-10-16-23(22)26(4,28(25)20(27)3)21-13-6-5-7-14-21/h5-17H,1-4H3/q+1. The van der Waals surface area contributed by atoms with Gasteiger partial charge in [0.05, 0.1) is 0 Å². The van der Waals surface area contributed by atoms with E-state index in [-0.39, 0.29) is 5.54 Å². The van der Waals surface area contributed by atoms with Crippen LogP contribution in [-0.4, -0.2) is 4.57 Å². The summed E-state index contributed by atoms with van der Waals surface area (Å²) in [4.78, 5) is 0. The monoisotopic (exact) mass is 365 g/mol. The Labute approximate surface area is 166 Å². The number of fused-ring (bicyclic) bond motifs is 3. The molecule has 1 unspecified atom stereocenters. The van der Waals surface area contributed by atoms with Crippen molar-refractivity contribution in [3.05, 3.63) is 107 Å². The largest absolute Gasteiger partial charge is 0.260 e. The van der Waals surface area contributed by atoms with E-state index in [0.717, 1.165) is 0 Å². The van der Waals surface area contributed by atoms with E-state index in [9.17, 15) is 0 Å². The molecule has 1 aromatic heterocycles. The zero-order valence-corrected chi connectivity index (χ0v) is 16.9. The molecule has 1 aliphatic heterocycles. The van der Waals surface area contributed by atoms with Crippen molar-refractivity contribution in [2.45, 2.75) is 33.2 Å². The topological polar surface area (TPSA) is 8.81 Å². The number of hydrogen-bond donors (Lipinski definition) is 0. The van der Waals surface area contributed by atoms with E-state index < -0.39 is 0 Å². The molecule has 3 aromatic carbocycles. The normalized spacial score (nSPS) is 17.4. The summed E-state index contributed by atoms with van der Waals surface area (Å²) in [5, 5.41) is 0. The summed E-state index contributed by atoms with van der Waals surface area (Å²) in [5.41, 5.74) is 8.96. The van der Waals surface area contributed by atoms with Crippen LogP contribution in [0.15, 0.2) is 78.9 Å². The number of rotatable bonds is 2. The van der Waals surface area contributed by atoms with E-state index in [1.807, 2.05) is 0 Å². The van der Waals surface area contributed by atoms with Crippen molar-refractivity contribution in [3.63, 3.8) is 0 Å². The van der Waals surface area contributed by atoms with Crippen molar-refractivity contribution in [2.75, 3.05) is 0 Å². The minimum atomic E-state index is -0.226. The van der Waals surface area contributed by atoms with Crippen LogP contribution in [0.3, 0.4) is 0 Å². The molecule has 138 valence electrons. The SMILES string of the molecule is Cc1ccccc1-n1c(C)c2[n+](c1C)C(C)(c1ccccc1)c1ccccc1-2. The smallest absolute Gasteiger partial charge is 0.213 e. The number of hydrogen-bond acceptors (Lipinski definition) is 0. The molecule has 0 saturated carbocycles. The lowest BCUT2D eigenvalue weighted by Gasteiger charge is -2.25. The van der Waals surface area contributed by atoms with Gasteiger partial charge in [-0.3, -0.25) is 0 Å².